The molecule has 1 aliphatic heterocycles. The standard InChI is InChI=1S/C23H37NO3S/c1-23(2,3)28(25,26)18-21-8-6-19(7-9-21)4-5-20-10-12-22(13-11-20)24-14-16-27-17-15-24/h10-13,19,21H,4-9,14-18H2,1-3H3. The van der Waals surface area contributed by atoms with E-state index in [1.54, 1.807) is 0 Å². The van der Waals surface area contributed by atoms with E-state index >= 15 is 0 Å². The van der Waals surface area contributed by atoms with Crippen molar-refractivity contribution in [1.82, 2.24) is 0 Å². The largest absolute Gasteiger partial charge is 0.378 e. The van der Waals surface area contributed by atoms with Gasteiger partial charge in [-0.15, -0.1) is 0 Å². The van der Waals surface area contributed by atoms with Crippen LogP contribution in [0.1, 0.15) is 58.4 Å². The van der Waals surface area contributed by atoms with E-state index in [0.717, 1.165) is 51.5 Å². The number of sulfone groups is 1. The zero-order valence-corrected chi connectivity index (χ0v) is 18.6. The molecule has 2 aliphatic rings. The van der Waals surface area contributed by atoms with Crippen LogP contribution in [0.4, 0.5) is 5.69 Å². The number of ether oxygens (including phenoxy) is 1. The van der Waals surface area contributed by atoms with Gasteiger partial charge in [-0.2, -0.15) is 0 Å². The molecule has 4 nitrogen and oxygen atoms in total. The molecular weight excluding hydrogens is 370 g/mol. The molecular formula is C23H37NO3S. The topological polar surface area (TPSA) is 46.6 Å². The second-order valence-corrected chi connectivity index (χ2v) is 12.4. The van der Waals surface area contributed by atoms with E-state index < -0.39 is 14.6 Å². The third-order valence-electron chi connectivity index (χ3n) is 6.51. The van der Waals surface area contributed by atoms with Gasteiger partial charge in [0.25, 0.3) is 0 Å². The zero-order chi connectivity index (χ0) is 20.2. The molecule has 0 atom stereocenters. The summed E-state index contributed by atoms with van der Waals surface area (Å²) in [7, 11) is -3.00. The lowest BCUT2D eigenvalue weighted by Gasteiger charge is -2.30. The molecule has 2 fully saturated rings. The maximum absolute atomic E-state index is 12.4. The van der Waals surface area contributed by atoms with Gasteiger partial charge in [-0.3, -0.25) is 0 Å². The molecule has 3 rings (SSSR count). The average Bonchev–Trinajstić information content (AvgIpc) is 2.67. The fourth-order valence-electron chi connectivity index (χ4n) is 4.31. The van der Waals surface area contributed by atoms with Crippen LogP contribution in [0.25, 0.3) is 0 Å². The molecule has 1 aromatic carbocycles. The minimum atomic E-state index is -3.00. The molecule has 0 radical (unpaired) electrons. The van der Waals surface area contributed by atoms with Crippen LogP contribution in [0.15, 0.2) is 24.3 Å². The molecule has 0 N–H and O–H groups in total. The van der Waals surface area contributed by atoms with Crippen LogP contribution < -0.4 is 4.90 Å². The van der Waals surface area contributed by atoms with Crippen LogP contribution in [0.3, 0.4) is 0 Å². The number of rotatable bonds is 6. The Balaban J connectivity index is 1.42. The van der Waals surface area contributed by atoms with Crippen molar-refractivity contribution >= 4 is 15.5 Å². The zero-order valence-electron chi connectivity index (χ0n) is 17.8. The molecule has 1 saturated heterocycles. The summed E-state index contributed by atoms with van der Waals surface area (Å²) in [6.07, 6.45) is 6.83. The Kier molecular flexibility index (Phi) is 7.08. The van der Waals surface area contributed by atoms with Gasteiger partial charge in [0.1, 0.15) is 0 Å². The van der Waals surface area contributed by atoms with Crippen LogP contribution in [-0.2, 0) is 21.0 Å². The molecule has 1 aromatic rings. The fourth-order valence-corrected chi connectivity index (χ4v) is 5.77. The lowest BCUT2D eigenvalue weighted by molar-refractivity contribution is 0.122. The van der Waals surface area contributed by atoms with Crippen LogP contribution >= 0.6 is 0 Å². The molecule has 0 bridgehead atoms. The first-order valence-electron chi connectivity index (χ1n) is 10.9. The molecule has 5 heteroatoms. The molecule has 0 spiro atoms. The molecule has 0 aromatic heterocycles. The summed E-state index contributed by atoms with van der Waals surface area (Å²) in [4.78, 5) is 2.39. The maximum atomic E-state index is 12.4. The first-order valence-corrected chi connectivity index (χ1v) is 12.5. The Labute approximate surface area is 171 Å². The Bertz CT molecular complexity index is 707. The minimum Gasteiger partial charge on any atom is -0.378 e. The highest BCUT2D eigenvalue weighted by atomic mass is 32.2. The minimum absolute atomic E-state index is 0.355. The van der Waals surface area contributed by atoms with E-state index in [1.807, 2.05) is 20.8 Å². The van der Waals surface area contributed by atoms with Gasteiger partial charge in [0.2, 0.25) is 0 Å². The van der Waals surface area contributed by atoms with E-state index in [1.165, 1.54) is 30.5 Å². The number of benzene rings is 1. The van der Waals surface area contributed by atoms with Crippen LogP contribution in [0.2, 0.25) is 0 Å². The summed E-state index contributed by atoms with van der Waals surface area (Å²) >= 11 is 0. The molecule has 1 aliphatic carbocycles. The maximum Gasteiger partial charge on any atom is 0.155 e. The quantitative estimate of drug-likeness (QED) is 0.698. The van der Waals surface area contributed by atoms with Crippen LogP contribution in [0, 0.1) is 11.8 Å². The molecule has 158 valence electrons. The molecule has 1 heterocycles. The second-order valence-electron chi connectivity index (χ2n) is 9.59. The lowest BCUT2D eigenvalue weighted by Crippen LogP contribution is -2.36. The summed E-state index contributed by atoms with van der Waals surface area (Å²) in [5, 5.41) is 0. The van der Waals surface area contributed by atoms with Crippen molar-refractivity contribution < 1.29 is 13.2 Å². The first kappa shape index (κ1) is 21.6. The fraction of sp³-hybridized carbons (Fsp3) is 0.739. The van der Waals surface area contributed by atoms with Crippen LogP contribution in [-0.4, -0.2) is 45.2 Å². The monoisotopic (exact) mass is 407 g/mol. The summed E-state index contributed by atoms with van der Waals surface area (Å²) in [6, 6.07) is 9.03. The van der Waals surface area contributed by atoms with E-state index in [-0.39, 0.29) is 0 Å². The van der Waals surface area contributed by atoms with E-state index in [2.05, 4.69) is 29.2 Å². The van der Waals surface area contributed by atoms with Crippen LogP contribution in [0.5, 0.6) is 0 Å². The van der Waals surface area contributed by atoms with Gasteiger partial charge in [0.15, 0.2) is 9.84 Å². The van der Waals surface area contributed by atoms with Gasteiger partial charge < -0.3 is 9.64 Å². The highest BCUT2D eigenvalue weighted by Gasteiger charge is 2.33. The van der Waals surface area contributed by atoms with Crippen molar-refractivity contribution in [1.29, 1.82) is 0 Å². The number of morpholine rings is 1. The molecule has 0 unspecified atom stereocenters. The smallest absolute Gasteiger partial charge is 0.155 e. The summed E-state index contributed by atoms with van der Waals surface area (Å²) < 4.78 is 29.7. The Morgan fingerprint density at radius 2 is 1.54 bits per heavy atom. The first-order chi connectivity index (χ1) is 13.2. The second kappa shape index (κ2) is 9.17. The van der Waals surface area contributed by atoms with Crippen molar-refractivity contribution in [3.63, 3.8) is 0 Å². The normalized spacial score (nSPS) is 24.3. The van der Waals surface area contributed by atoms with E-state index in [0.29, 0.717) is 11.7 Å². The average molecular weight is 408 g/mol. The Morgan fingerprint density at radius 1 is 0.964 bits per heavy atom. The summed E-state index contributed by atoms with van der Waals surface area (Å²) in [5.74, 6) is 1.47. The predicted octanol–water partition coefficient (Wildman–Crippen LogP) is 4.48. The molecule has 1 saturated carbocycles. The Morgan fingerprint density at radius 3 is 2.11 bits per heavy atom. The summed E-state index contributed by atoms with van der Waals surface area (Å²) in [6.45, 7) is 9.05. The van der Waals surface area contributed by atoms with Gasteiger partial charge in [0, 0.05) is 18.8 Å². The van der Waals surface area contributed by atoms with Crippen molar-refractivity contribution in [3.05, 3.63) is 29.8 Å². The SMILES string of the molecule is CC(C)(C)S(=O)(=O)CC1CCC(CCc2ccc(N3CCOCC3)cc2)CC1. The number of hydrogen-bond donors (Lipinski definition) is 0. The molecule has 28 heavy (non-hydrogen) atoms. The van der Waals surface area contributed by atoms with E-state index in [9.17, 15) is 8.42 Å². The van der Waals surface area contributed by atoms with Gasteiger partial charge in [-0.05, 0) is 76.0 Å². The predicted molar refractivity (Wildman–Crippen MR) is 117 cm³/mol. The number of hydrogen-bond acceptors (Lipinski definition) is 4. The lowest BCUT2D eigenvalue weighted by atomic mass is 9.80. The highest BCUT2D eigenvalue weighted by molar-refractivity contribution is 7.92. The summed E-state index contributed by atoms with van der Waals surface area (Å²) in [5.41, 5.74) is 2.71. The van der Waals surface area contributed by atoms with Crippen molar-refractivity contribution in [2.75, 3.05) is 37.0 Å². The van der Waals surface area contributed by atoms with Gasteiger partial charge in [-0.25, -0.2) is 8.42 Å². The number of anilines is 1. The van der Waals surface area contributed by atoms with Crippen molar-refractivity contribution in [2.24, 2.45) is 11.8 Å². The van der Waals surface area contributed by atoms with Gasteiger partial charge >= 0.3 is 0 Å². The van der Waals surface area contributed by atoms with Gasteiger partial charge in [-0.1, -0.05) is 25.0 Å². The van der Waals surface area contributed by atoms with Gasteiger partial charge in [0.05, 0.1) is 23.7 Å². The Hall–Kier alpha value is -1.07. The highest BCUT2D eigenvalue weighted by Crippen LogP contribution is 2.34. The third-order valence-corrected chi connectivity index (χ3v) is 9.28. The number of aryl methyl sites for hydroxylation is 1. The molecule has 0 amide bonds. The van der Waals surface area contributed by atoms with Crippen molar-refractivity contribution in [3.8, 4) is 0 Å². The van der Waals surface area contributed by atoms with E-state index in [4.69, 9.17) is 4.74 Å². The third kappa shape index (κ3) is 5.73. The van der Waals surface area contributed by atoms with Crippen molar-refractivity contribution in [2.45, 2.75) is 64.0 Å². The number of nitrogens with zero attached hydrogens (tertiary/aromatic N) is 1.